The summed E-state index contributed by atoms with van der Waals surface area (Å²) in [6.07, 6.45) is 3.21. The molecule has 0 radical (unpaired) electrons. The summed E-state index contributed by atoms with van der Waals surface area (Å²) in [7, 11) is 1.43. The highest BCUT2D eigenvalue weighted by atomic mass is 16.5. The van der Waals surface area contributed by atoms with E-state index >= 15 is 0 Å². The van der Waals surface area contributed by atoms with Crippen molar-refractivity contribution < 1.29 is 24.5 Å². The molecule has 6 nitrogen and oxygen atoms in total. The molecule has 0 fully saturated rings. The number of ether oxygens (including phenoxy) is 1. The largest absolute Gasteiger partial charge is 0.510 e. The van der Waals surface area contributed by atoms with Gasteiger partial charge >= 0.3 is 0 Å². The Bertz CT molecular complexity index is 645. The Kier molecular flexibility index (Phi) is 4.27. The Morgan fingerprint density at radius 2 is 2.10 bits per heavy atom. The summed E-state index contributed by atoms with van der Waals surface area (Å²) >= 11 is 0. The number of benzene rings is 1. The molecule has 6 heteroatoms. The number of ketones is 1. The number of aromatic hydroxyl groups is 1. The van der Waals surface area contributed by atoms with Gasteiger partial charge in [0.1, 0.15) is 11.5 Å². The van der Waals surface area contributed by atoms with Crippen LogP contribution in [0, 0.1) is 0 Å². The molecule has 0 bridgehead atoms. The number of phenolic OH excluding ortho intramolecular Hbond substituents is 1. The molecule has 1 aromatic carbocycles. The smallest absolute Gasteiger partial charge is 0.248 e. The zero-order valence-electron chi connectivity index (χ0n) is 11.4. The van der Waals surface area contributed by atoms with Crippen molar-refractivity contribution in [3.8, 4) is 11.5 Å². The summed E-state index contributed by atoms with van der Waals surface area (Å²) < 4.78 is 4.96. The number of hydrogen-bond acceptors (Lipinski definition) is 5. The van der Waals surface area contributed by atoms with Crippen LogP contribution in [0.5, 0.6) is 11.5 Å². The van der Waals surface area contributed by atoms with Crippen molar-refractivity contribution in [1.29, 1.82) is 0 Å². The summed E-state index contributed by atoms with van der Waals surface area (Å²) in [4.78, 5) is 23.1. The Balaban J connectivity index is 2.06. The van der Waals surface area contributed by atoms with Gasteiger partial charge in [0, 0.05) is 18.9 Å². The van der Waals surface area contributed by atoms with Crippen molar-refractivity contribution in [3.05, 3.63) is 41.3 Å². The Labute approximate surface area is 121 Å². The molecule has 0 aromatic heterocycles. The monoisotopic (exact) mass is 289 g/mol. The topological polar surface area (TPSA) is 95.9 Å². The minimum Gasteiger partial charge on any atom is -0.510 e. The summed E-state index contributed by atoms with van der Waals surface area (Å²) in [5, 5.41) is 21.3. The lowest BCUT2D eigenvalue weighted by Gasteiger charge is -2.04. The highest BCUT2D eigenvalue weighted by Crippen LogP contribution is 2.26. The summed E-state index contributed by atoms with van der Waals surface area (Å²) in [6.45, 7) is 0. The Morgan fingerprint density at radius 1 is 1.33 bits per heavy atom. The Morgan fingerprint density at radius 3 is 2.71 bits per heavy atom. The molecule has 0 saturated carbocycles. The van der Waals surface area contributed by atoms with Crippen LogP contribution in [-0.2, 0) is 9.59 Å². The number of allylic oxidation sites excluding steroid dienone is 2. The molecule has 1 aliphatic carbocycles. The lowest BCUT2D eigenvalue weighted by molar-refractivity contribution is -0.119. The first-order chi connectivity index (χ1) is 10.0. The average molecular weight is 289 g/mol. The van der Waals surface area contributed by atoms with E-state index in [1.807, 2.05) is 0 Å². The first-order valence-corrected chi connectivity index (χ1v) is 6.32. The van der Waals surface area contributed by atoms with Crippen molar-refractivity contribution in [2.24, 2.45) is 0 Å². The molecule has 0 atom stereocenters. The number of methoxy groups -OCH3 is 1. The lowest BCUT2D eigenvalue weighted by atomic mass is 10.2. The van der Waals surface area contributed by atoms with Crippen LogP contribution in [0.3, 0.4) is 0 Å². The number of phenols is 1. The molecule has 0 saturated heterocycles. The van der Waals surface area contributed by atoms with Gasteiger partial charge in [0.05, 0.1) is 7.11 Å². The number of aliphatic hydroxyl groups is 1. The SMILES string of the molecule is COc1cc(/C=C/C(=O)NC2=C(O)CCC2=O)ccc1O. The quantitative estimate of drug-likeness (QED) is 0.733. The van der Waals surface area contributed by atoms with Crippen LogP contribution in [0.15, 0.2) is 35.7 Å². The predicted molar refractivity (Wildman–Crippen MR) is 75.7 cm³/mol. The molecule has 1 aliphatic rings. The minimum absolute atomic E-state index is 0.00531. The number of Topliss-reactive ketones (excluding diaryl/α,β-unsaturated/α-hetero) is 1. The highest BCUT2D eigenvalue weighted by molar-refractivity contribution is 6.04. The third-order valence-electron chi connectivity index (χ3n) is 3.04. The molecule has 1 aromatic rings. The van der Waals surface area contributed by atoms with Gasteiger partial charge in [0.25, 0.3) is 0 Å². The van der Waals surface area contributed by atoms with Crippen molar-refractivity contribution in [2.45, 2.75) is 12.8 Å². The second-order valence-electron chi connectivity index (χ2n) is 4.50. The lowest BCUT2D eigenvalue weighted by Crippen LogP contribution is -2.24. The predicted octanol–water partition coefficient (Wildman–Crippen LogP) is 1.66. The van der Waals surface area contributed by atoms with Gasteiger partial charge in [-0.25, -0.2) is 0 Å². The second-order valence-corrected chi connectivity index (χ2v) is 4.50. The molecule has 1 amide bonds. The highest BCUT2D eigenvalue weighted by Gasteiger charge is 2.23. The third kappa shape index (κ3) is 3.42. The maximum atomic E-state index is 11.7. The number of aliphatic hydroxyl groups excluding tert-OH is 1. The van der Waals surface area contributed by atoms with Crippen LogP contribution in [0.25, 0.3) is 6.08 Å². The van der Waals surface area contributed by atoms with Gasteiger partial charge in [-0.3, -0.25) is 9.59 Å². The fraction of sp³-hybridized carbons (Fsp3) is 0.200. The number of hydrogen-bond donors (Lipinski definition) is 3. The van der Waals surface area contributed by atoms with Crippen LogP contribution in [-0.4, -0.2) is 29.0 Å². The standard InChI is InChI=1S/C15H15NO5/c1-21-13-8-9(2-4-10(13)17)3-7-14(20)16-15-11(18)5-6-12(15)19/h2-4,7-8,17-18H,5-6H2,1H3,(H,16,20)/b7-3+. The van der Waals surface area contributed by atoms with E-state index in [4.69, 9.17) is 4.74 Å². The number of carbonyl (C=O) groups excluding carboxylic acids is 2. The van der Waals surface area contributed by atoms with E-state index in [9.17, 15) is 19.8 Å². The fourth-order valence-corrected chi connectivity index (χ4v) is 1.92. The summed E-state index contributed by atoms with van der Waals surface area (Å²) in [5.41, 5.74) is 0.615. The molecule has 110 valence electrons. The van der Waals surface area contributed by atoms with Crippen LogP contribution in [0.4, 0.5) is 0 Å². The maximum absolute atomic E-state index is 11.7. The van der Waals surface area contributed by atoms with E-state index in [0.717, 1.165) is 0 Å². The van der Waals surface area contributed by atoms with Crippen molar-refractivity contribution in [1.82, 2.24) is 5.32 Å². The molecule has 0 aliphatic heterocycles. The van der Waals surface area contributed by atoms with E-state index in [-0.39, 0.29) is 35.8 Å². The third-order valence-corrected chi connectivity index (χ3v) is 3.04. The van der Waals surface area contributed by atoms with Crippen molar-refractivity contribution in [2.75, 3.05) is 7.11 Å². The normalized spacial score (nSPS) is 14.8. The van der Waals surface area contributed by atoms with E-state index < -0.39 is 5.91 Å². The average Bonchev–Trinajstić information content (AvgIpc) is 2.78. The van der Waals surface area contributed by atoms with Crippen molar-refractivity contribution in [3.63, 3.8) is 0 Å². The van der Waals surface area contributed by atoms with E-state index in [2.05, 4.69) is 5.32 Å². The van der Waals surface area contributed by atoms with Crippen molar-refractivity contribution >= 4 is 17.8 Å². The molecule has 21 heavy (non-hydrogen) atoms. The van der Waals surface area contributed by atoms with Gasteiger partial charge in [-0.2, -0.15) is 0 Å². The van der Waals surface area contributed by atoms with Crippen LogP contribution in [0.1, 0.15) is 18.4 Å². The van der Waals surface area contributed by atoms with Gasteiger partial charge in [-0.05, 0) is 23.8 Å². The summed E-state index contributed by atoms with van der Waals surface area (Å²) in [5.74, 6) is -0.581. The molecular weight excluding hydrogens is 274 g/mol. The molecular formula is C15H15NO5. The van der Waals surface area contributed by atoms with Gasteiger partial charge < -0.3 is 20.3 Å². The van der Waals surface area contributed by atoms with Gasteiger partial charge in [0.15, 0.2) is 17.3 Å². The fourth-order valence-electron chi connectivity index (χ4n) is 1.92. The van der Waals surface area contributed by atoms with Gasteiger partial charge in [-0.15, -0.1) is 0 Å². The number of carbonyl (C=O) groups is 2. The van der Waals surface area contributed by atoms with Crippen LogP contribution in [0.2, 0.25) is 0 Å². The van der Waals surface area contributed by atoms with E-state index in [1.54, 1.807) is 12.1 Å². The first kappa shape index (κ1) is 14.6. The first-order valence-electron chi connectivity index (χ1n) is 6.32. The summed E-state index contributed by atoms with van der Waals surface area (Å²) in [6, 6.07) is 4.63. The van der Waals surface area contributed by atoms with Gasteiger partial charge in [0.2, 0.25) is 5.91 Å². The molecule has 0 spiro atoms. The molecule has 3 N–H and O–H groups in total. The Hall–Kier alpha value is -2.76. The zero-order chi connectivity index (χ0) is 15.4. The second kappa shape index (κ2) is 6.13. The minimum atomic E-state index is -0.515. The van der Waals surface area contributed by atoms with E-state index in [1.165, 1.54) is 25.3 Å². The van der Waals surface area contributed by atoms with Gasteiger partial charge in [-0.1, -0.05) is 6.07 Å². The molecule has 2 rings (SSSR count). The number of rotatable bonds is 4. The maximum Gasteiger partial charge on any atom is 0.248 e. The molecule has 0 heterocycles. The van der Waals surface area contributed by atoms with Crippen LogP contribution < -0.4 is 10.1 Å². The molecule has 0 unspecified atom stereocenters. The number of nitrogens with one attached hydrogen (secondary N) is 1. The zero-order valence-corrected chi connectivity index (χ0v) is 11.4. The van der Waals surface area contributed by atoms with Crippen LogP contribution >= 0.6 is 0 Å². The van der Waals surface area contributed by atoms with E-state index in [0.29, 0.717) is 11.3 Å². The number of amides is 1.